The van der Waals surface area contributed by atoms with Gasteiger partial charge in [0.05, 0.1) is 20.1 Å². The minimum absolute atomic E-state index is 0.219. The van der Waals surface area contributed by atoms with Crippen molar-refractivity contribution in [1.82, 2.24) is 0 Å². The summed E-state index contributed by atoms with van der Waals surface area (Å²) in [6.07, 6.45) is 1.05. The molecule has 1 fully saturated rings. The van der Waals surface area contributed by atoms with Crippen molar-refractivity contribution in [3.05, 3.63) is 35.9 Å². The van der Waals surface area contributed by atoms with Crippen LogP contribution in [0.25, 0.3) is 0 Å². The zero-order valence-corrected chi connectivity index (χ0v) is 10.7. The van der Waals surface area contributed by atoms with Gasteiger partial charge in [-0.1, -0.05) is 30.3 Å². The lowest BCUT2D eigenvalue weighted by Crippen LogP contribution is -2.54. The Morgan fingerprint density at radius 1 is 1.33 bits per heavy atom. The lowest BCUT2D eigenvalue weighted by molar-refractivity contribution is -0.934. The SMILES string of the molecule is C[N+]1(C(O)C(=O)OCc2ccccc2)CCCC1. The Bertz CT molecular complexity index is 399. The van der Waals surface area contributed by atoms with Gasteiger partial charge in [-0.2, -0.15) is 0 Å². The van der Waals surface area contributed by atoms with Crippen molar-refractivity contribution in [1.29, 1.82) is 0 Å². The number of aliphatic hydroxyl groups excluding tert-OH is 1. The van der Waals surface area contributed by atoms with Gasteiger partial charge in [-0.15, -0.1) is 0 Å². The van der Waals surface area contributed by atoms with E-state index in [1.807, 2.05) is 37.4 Å². The number of likely N-dealkylation sites (N-methyl/N-ethyl adjacent to an activating group) is 1. The van der Waals surface area contributed by atoms with Gasteiger partial charge < -0.3 is 9.84 Å². The second-order valence-corrected chi connectivity index (χ2v) is 5.10. The number of benzene rings is 1. The molecule has 1 aliphatic heterocycles. The minimum atomic E-state index is -1.06. The van der Waals surface area contributed by atoms with Gasteiger partial charge in [-0.25, -0.2) is 4.79 Å². The van der Waals surface area contributed by atoms with Gasteiger partial charge in [0.15, 0.2) is 0 Å². The van der Waals surface area contributed by atoms with Gasteiger partial charge in [0.1, 0.15) is 6.61 Å². The molecule has 1 heterocycles. The Morgan fingerprint density at radius 2 is 1.94 bits per heavy atom. The molecular weight excluding hydrogens is 230 g/mol. The van der Waals surface area contributed by atoms with Gasteiger partial charge in [0.2, 0.25) is 0 Å². The van der Waals surface area contributed by atoms with E-state index in [1.165, 1.54) is 0 Å². The summed E-state index contributed by atoms with van der Waals surface area (Å²) in [6, 6.07) is 9.50. The summed E-state index contributed by atoms with van der Waals surface area (Å²) < 4.78 is 5.55. The molecule has 98 valence electrons. The lowest BCUT2D eigenvalue weighted by Gasteiger charge is -2.32. The smallest absolute Gasteiger partial charge is 0.395 e. The third-order valence-corrected chi connectivity index (χ3v) is 3.61. The Kier molecular flexibility index (Phi) is 3.99. The van der Waals surface area contributed by atoms with Crippen molar-refractivity contribution in [3.63, 3.8) is 0 Å². The second kappa shape index (κ2) is 5.50. The van der Waals surface area contributed by atoms with Crippen LogP contribution < -0.4 is 0 Å². The van der Waals surface area contributed by atoms with Crippen LogP contribution >= 0.6 is 0 Å². The first kappa shape index (κ1) is 13.1. The summed E-state index contributed by atoms with van der Waals surface area (Å²) in [4.78, 5) is 11.8. The number of carbonyl (C=O) groups is 1. The molecular formula is C14H20NO3+. The summed E-state index contributed by atoms with van der Waals surface area (Å²) in [5.41, 5.74) is 0.933. The average molecular weight is 250 g/mol. The first-order chi connectivity index (χ1) is 8.62. The van der Waals surface area contributed by atoms with E-state index in [0.29, 0.717) is 4.48 Å². The van der Waals surface area contributed by atoms with Crippen molar-refractivity contribution in [2.24, 2.45) is 0 Å². The van der Waals surface area contributed by atoms with Crippen molar-refractivity contribution in [2.45, 2.75) is 25.7 Å². The molecule has 2 rings (SSSR count). The van der Waals surface area contributed by atoms with Crippen LogP contribution in [0.4, 0.5) is 0 Å². The Labute approximate surface area is 107 Å². The molecule has 0 amide bonds. The molecule has 0 aliphatic carbocycles. The van der Waals surface area contributed by atoms with Gasteiger partial charge in [0, 0.05) is 12.8 Å². The molecule has 1 atom stereocenters. The quantitative estimate of drug-likeness (QED) is 0.647. The van der Waals surface area contributed by atoms with Gasteiger partial charge in [-0.3, -0.25) is 4.48 Å². The highest BCUT2D eigenvalue weighted by molar-refractivity contribution is 5.72. The fourth-order valence-corrected chi connectivity index (χ4v) is 2.36. The summed E-state index contributed by atoms with van der Waals surface area (Å²) in [5, 5.41) is 10.1. The van der Waals surface area contributed by atoms with Crippen molar-refractivity contribution >= 4 is 5.97 Å². The number of hydrogen-bond donors (Lipinski definition) is 1. The van der Waals surface area contributed by atoms with Crippen LogP contribution in [0.3, 0.4) is 0 Å². The molecule has 0 radical (unpaired) electrons. The first-order valence-electron chi connectivity index (χ1n) is 6.35. The highest BCUT2D eigenvalue weighted by atomic mass is 16.6. The van der Waals surface area contributed by atoms with E-state index >= 15 is 0 Å². The molecule has 0 saturated carbocycles. The van der Waals surface area contributed by atoms with Crippen LogP contribution in [-0.2, 0) is 16.1 Å². The minimum Gasteiger partial charge on any atom is -0.454 e. The van der Waals surface area contributed by atoms with E-state index in [2.05, 4.69) is 0 Å². The monoisotopic (exact) mass is 250 g/mol. The molecule has 1 saturated heterocycles. The van der Waals surface area contributed by atoms with E-state index < -0.39 is 12.2 Å². The normalized spacial score (nSPS) is 19.4. The summed E-state index contributed by atoms with van der Waals surface area (Å²) in [7, 11) is 1.90. The van der Waals surface area contributed by atoms with Crippen LogP contribution in [-0.4, -0.2) is 41.9 Å². The molecule has 1 aliphatic rings. The molecule has 1 unspecified atom stereocenters. The van der Waals surface area contributed by atoms with Gasteiger partial charge in [0.25, 0.3) is 6.23 Å². The van der Waals surface area contributed by atoms with Crippen molar-refractivity contribution < 1.29 is 19.1 Å². The lowest BCUT2D eigenvalue weighted by atomic mass is 10.2. The van der Waals surface area contributed by atoms with E-state index in [1.54, 1.807) is 0 Å². The van der Waals surface area contributed by atoms with Crippen LogP contribution in [0.2, 0.25) is 0 Å². The van der Waals surface area contributed by atoms with E-state index in [4.69, 9.17) is 4.74 Å². The summed E-state index contributed by atoms with van der Waals surface area (Å²) in [6.45, 7) is 1.89. The van der Waals surface area contributed by atoms with Crippen LogP contribution in [0, 0.1) is 0 Å². The fraction of sp³-hybridized carbons (Fsp3) is 0.500. The summed E-state index contributed by atoms with van der Waals surface area (Å²) in [5.74, 6) is -0.525. The molecule has 0 spiro atoms. The van der Waals surface area contributed by atoms with Gasteiger partial charge in [-0.05, 0) is 5.56 Å². The molecule has 1 aromatic rings. The molecule has 4 heteroatoms. The van der Waals surface area contributed by atoms with E-state index in [-0.39, 0.29) is 6.61 Å². The van der Waals surface area contributed by atoms with Gasteiger partial charge >= 0.3 is 5.97 Å². The summed E-state index contributed by atoms with van der Waals surface area (Å²) >= 11 is 0. The van der Waals surface area contributed by atoms with Crippen molar-refractivity contribution in [3.8, 4) is 0 Å². The van der Waals surface area contributed by atoms with Crippen molar-refractivity contribution in [2.75, 3.05) is 20.1 Å². The number of carbonyl (C=O) groups excluding carboxylic acids is 1. The molecule has 4 nitrogen and oxygen atoms in total. The fourth-order valence-electron chi connectivity index (χ4n) is 2.36. The third-order valence-electron chi connectivity index (χ3n) is 3.61. The standard InChI is InChI=1S/C14H20NO3/c1-15(9-5-6-10-15)13(16)14(17)18-11-12-7-3-2-4-8-12/h2-4,7-8,13,16H,5-6,9-11H2,1H3/q+1. The average Bonchev–Trinajstić information content (AvgIpc) is 2.84. The largest absolute Gasteiger partial charge is 0.454 e. The molecule has 1 aromatic carbocycles. The zero-order valence-electron chi connectivity index (χ0n) is 10.7. The van der Waals surface area contributed by atoms with Crippen LogP contribution in [0.5, 0.6) is 0 Å². The molecule has 1 N–H and O–H groups in total. The maximum absolute atomic E-state index is 11.8. The first-order valence-corrected chi connectivity index (χ1v) is 6.35. The molecule has 0 bridgehead atoms. The number of aliphatic hydroxyl groups is 1. The topological polar surface area (TPSA) is 46.5 Å². The predicted octanol–water partition coefficient (Wildman–Crippen LogP) is 1.29. The number of hydrogen-bond acceptors (Lipinski definition) is 3. The van der Waals surface area contributed by atoms with E-state index in [0.717, 1.165) is 31.5 Å². The zero-order chi connectivity index (χ0) is 13.0. The number of rotatable bonds is 4. The molecule has 18 heavy (non-hydrogen) atoms. The van der Waals surface area contributed by atoms with Crippen LogP contribution in [0.15, 0.2) is 30.3 Å². The maximum atomic E-state index is 11.8. The number of esters is 1. The molecule has 0 aromatic heterocycles. The number of ether oxygens (including phenoxy) is 1. The highest BCUT2D eigenvalue weighted by Crippen LogP contribution is 2.20. The van der Waals surface area contributed by atoms with Crippen LogP contribution in [0.1, 0.15) is 18.4 Å². The Morgan fingerprint density at radius 3 is 2.56 bits per heavy atom. The van der Waals surface area contributed by atoms with E-state index in [9.17, 15) is 9.90 Å². The highest BCUT2D eigenvalue weighted by Gasteiger charge is 2.40. The Balaban J connectivity index is 1.88. The maximum Gasteiger partial charge on any atom is 0.395 e. The second-order valence-electron chi connectivity index (χ2n) is 5.10. The number of nitrogens with zero attached hydrogens (tertiary/aromatic N) is 1. The predicted molar refractivity (Wildman–Crippen MR) is 67.4 cm³/mol. The Hall–Kier alpha value is -1.39. The number of quaternary nitrogens is 1. The number of likely N-dealkylation sites (tertiary alicyclic amines) is 1. The third kappa shape index (κ3) is 2.89.